The van der Waals surface area contributed by atoms with Crippen molar-refractivity contribution < 1.29 is 40.3 Å². The van der Waals surface area contributed by atoms with Crippen LogP contribution in [-0.2, 0) is 21.4 Å². The van der Waals surface area contributed by atoms with Gasteiger partial charge in [-0.25, -0.2) is 19.2 Å². The van der Waals surface area contributed by atoms with Crippen molar-refractivity contribution in [1.82, 2.24) is 14.9 Å². The zero-order chi connectivity index (χ0) is 31.5. The summed E-state index contributed by atoms with van der Waals surface area (Å²) in [6, 6.07) is 14.3. The fourth-order valence-electron chi connectivity index (χ4n) is 5.79. The monoisotopic (exact) mass is 627 g/mol. The molecule has 1 unspecified atom stereocenters. The molecule has 232 valence electrons. The molecule has 3 atom stereocenters. The molecule has 2 N–H and O–H groups in total. The quantitative estimate of drug-likeness (QED) is 0.283. The van der Waals surface area contributed by atoms with Crippen molar-refractivity contribution in [1.29, 1.82) is 0 Å². The van der Waals surface area contributed by atoms with Crippen molar-refractivity contribution >= 4 is 27.5 Å². The van der Waals surface area contributed by atoms with Crippen LogP contribution in [0.3, 0.4) is 0 Å². The van der Waals surface area contributed by atoms with E-state index < -0.39 is 39.0 Å². The second-order valence-electron chi connectivity index (χ2n) is 10.5. The number of nitrogens with one attached hydrogen (secondary N) is 1. The number of carbonyl (C=O) groups is 1. The molecule has 1 aromatic carbocycles. The van der Waals surface area contributed by atoms with Crippen LogP contribution in [0.5, 0.6) is 0 Å². The molecule has 3 heterocycles. The molecule has 0 spiro atoms. The van der Waals surface area contributed by atoms with Gasteiger partial charge in [-0.2, -0.15) is 26.0 Å². The highest BCUT2D eigenvalue weighted by Crippen LogP contribution is 2.42. The predicted octanol–water partition coefficient (Wildman–Crippen LogP) is 4.84. The number of benzene rings is 1. The van der Waals surface area contributed by atoms with E-state index in [0.29, 0.717) is 17.5 Å². The number of carboxylic acids is 1. The molecule has 5 rings (SSSR count). The number of pyridine rings is 2. The van der Waals surface area contributed by atoms with Gasteiger partial charge in [-0.15, -0.1) is 0 Å². The number of hydrogen-bond acceptors (Lipinski definition) is 7. The average molecular weight is 628 g/mol. The van der Waals surface area contributed by atoms with Crippen molar-refractivity contribution in [3.63, 3.8) is 0 Å². The Morgan fingerprint density at radius 2 is 1.67 bits per heavy atom. The Morgan fingerprint density at radius 3 is 2.23 bits per heavy atom. The minimum Gasteiger partial charge on any atom is -0.475 e. The molecule has 9 nitrogen and oxygen atoms in total. The van der Waals surface area contributed by atoms with Gasteiger partial charge in [0.25, 0.3) is 10.0 Å². The van der Waals surface area contributed by atoms with E-state index in [1.807, 2.05) is 13.1 Å². The normalized spacial score (nSPS) is 20.2. The SMILES string of the molecule is Cc1c(N(C)C2[C@@H]3CC[C@H]2CN(Cc2ccccc2)C3)cnc(S(=O)(=O)Nc2cccc(F)n2)c1F.O=C(O)C(F)(F)F. The molecule has 2 aromatic heterocycles. The minimum atomic E-state index is -5.08. The first-order valence-corrected chi connectivity index (χ1v) is 14.8. The van der Waals surface area contributed by atoms with Gasteiger partial charge in [-0.1, -0.05) is 36.4 Å². The number of alkyl halides is 3. The number of anilines is 2. The summed E-state index contributed by atoms with van der Waals surface area (Å²) in [5.41, 5.74) is 2.09. The highest BCUT2D eigenvalue weighted by atomic mass is 32.2. The van der Waals surface area contributed by atoms with E-state index in [2.05, 4.69) is 48.8 Å². The van der Waals surface area contributed by atoms with E-state index in [9.17, 15) is 26.0 Å². The summed E-state index contributed by atoms with van der Waals surface area (Å²) in [6.45, 7) is 4.41. The van der Waals surface area contributed by atoms with Gasteiger partial charge in [0.15, 0.2) is 5.82 Å². The lowest BCUT2D eigenvalue weighted by molar-refractivity contribution is -0.192. The molecule has 0 amide bonds. The standard InChI is InChI=1S/C26H29F2N5O2S.C2HF3O2/c1-17-21(13-29-26(24(17)28)36(34,35)31-23-10-6-9-22(27)30-23)32(2)25-19-11-12-20(25)16-33(15-19)14-18-7-4-3-5-8-18;3-2(4,5)1(6)7/h3-10,13,19-20,25H,11-12,14-16H2,1-2H3,(H,30,31);(H,6,7)/t19-,20+,25?;. The maximum absolute atomic E-state index is 15.4. The maximum Gasteiger partial charge on any atom is 0.490 e. The Morgan fingerprint density at radius 1 is 1.07 bits per heavy atom. The number of carboxylic acid groups (broad SMARTS) is 1. The lowest BCUT2D eigenvalue weighted by atomic mass is 9.90. The van der Waals surface area contributed by atoms with Crippen molar-refractivity contribution in [3.05, 3.63) is 77.6 Å². The number of sulfonamides is 1. The number of aliphatic carboxylic acids is 1. The fraction of sp³-hybridized carbons (Fsp3) is 0.393. The van der Waals surface area contributed by atoms with E-state index in [1.165, 1.54) is 23.9 Å². The van der Waals surface area contributed by atoms with Gasteiger partial charge in [0.05, 0.1) is 11.9 Å². The van der Waals surface area contributed by atoms with Crippen LogP contribution in [0.15, 0.2) is 59.8 Å². The molecule has 0 radical (unpaired) electrons. The van der Waals surface area contributed by atoms with Crippen LogP contribution in [0.2, 0.25) is 0 Å². The number of piperidine rings is 1. The van der Waals surface area contributed by atoms with Gasteiger partial charge in [-0.3, -0.25) is 9.62 Å². The molecule has 2 bridgehead atoms. The number of likely N-dealkylation sites (tertiary alicyclic amines) is 1. The first-order chi connectivity index (χ1) is 20.2. The van der Waals surface area contributed by atoms with E-state index in [1.54, 1.807) is 6.92 Å². The van der Waals surface area contributed by atoms with Crippen LogP contribution in [0.4, 0.5) is 33.5 Å². The Labute approximate surface area is 245 Å². The second kappa shape index (κ2) is 12.8. The molecule has 1 aliphatic heterocycles. The zero-order valence-electron chi connectivity index (χ0n) is 23.2. The minimum absolute atomic E-state index is 0.214. The van der Waals surface area contributed by atoms with Gasteiger partial charge in [-0.05, 0) is 49.3 Å². The third-order valence-corrected chi connectivity index (χ3v) is 8.86. The van der Waals surface area contributed by atoms with Crippen LogP contribution in [0, 0.1) is 30.5 Å². The molecule has 2 fully saturated rings. The largest absolute Gasteiger partial charge is 0.490 e. The van der Waals surface area contributed by atoms with Crippen LogP contribution in [0.1, 0.15) is 24.0 Å². The third kappa shape index (κ3) is 7.57. The molecule has 1 saturated heterocycles. The van der Waals surface area contributed by atoms with Gasteiger partial charge in [0.1, 0.15) is 5.82 Å². The van der Waals surface area contributed by atoms with Gasteiger partial charge < -0.3 is 10.0 Å². The summed E-state index contributed by atoms with van der Waals surface area (Å²) in [5, 5.41) is 6.39. The predicted molar refractivity (Wildman–Crippen MR) is 148 cm³/mol. The van der Waals surface area contributed by atoms with Crippen LogP contribution < -0.4 is 9.62 Å². The molecular formula is C28H30F5N5O4S. The first kappa shape index (κ1) is 32.1. The van der Waals surface area contributed by atoms with Crippen LogP contribution in [-0.4, -0.2) is 66.7 Å². The number of halogens is 5. The van der Waals surface area contributed by atoms with Crippen molar-refractivity contribution in [3.8, 4) is 0 Å². The highest BCUT2D eigenvalue weighted by Gasteiger charge is 2.44. The van der Waals surface area contributed by atoms with Gasteiger partial charge in [0.2, 0.25) is 11.0 Å². The summed E-state index contributed by atoms with van der Waals surface area (Å²) in [5.74, 6) is -3.90. The lowest BCUT2D eigenvalue weighted by Gasteiger charge is -2.43. The number of fused-ring (bicyclic) bond motifs is 2. The van der Waals surface area contributed by atoms with E-state index in [0.717, 1.165) is 38.5 Å². The second-order valence-corrected chi connectivity index (χ2v) is 12.1. The molecule has 15 heteroatoms. The lowest BCUT2D eigenvalue weighted by Crippen LogP contribution is -2.51. The highest BCUT2D eigenvalue weighted by molar-refractivity contribution is 7.92. The zero-order valence-corrected chi connectivity index (χ0v) is 24.0. The Kier molecular flexibility index (Phi) is 9.54. The Balaban J connectivity index is 0.000000541. The first-order valence-electron chi connectivity index (χ1n) is 13.3. The number of nitrogens with zero attached hydrogens (tertiary/aromatic N) is 4. The number of hydrogen-bond donors (Lipinski definition) is 2. The summed E-state index contributed by atoms with van der Waals surface area (Å²) in [6.07, 6.45) is -1.45. The van der Waals surface area contributed by atoms with Crippen molar-refractivity contribution in [2.75, 3.05) is 29.8 Å². The van der Waals surface area contributed by atoms with Crippen molar-refractivity contribution in [2.45, 2.75) is 43.6 Å². The fourth-order valence-corrected chi connectivity index (χ4v) is 6.86. The Bertz CT molecular complexity index is 1540. The Hall–Kier alpha value is -3.85. The van der Waals surface area contributed by atoms with Crippen molar-refractivity contribution in [2.24, 2.45) is 11.8 Å². The topological polar surface area (TPSA) is 116 Å². The molecule has 43 heavy (non-hydrogen) atoms. The van der Waals surface area contributed by atoms with E-state index in [-0.39, 0.29) is 17.4 Å². The molecular weight excluding hydrogens is 597 g/mol. The summed E-state index contributed by atoms with van der Waals surface area (Å²) < 4.78 is 88.1. The molecule has 1 saturated carbocycles. The van der Waals surface area contributed by atoms with Gasteiger partial charge in [0, 0.05) is 38.3 Å². The molecule has 1 aliphatic carbocycles. The average Bonchev–Trinajstić information content (AvgIpc) is 3.19. The van der Waals surface area contributed by atoms with Crippen LogP contribution in [0.25, 0.3) is 0 Å². The third-order valence-electron chi connectivity index (χ3n) is 7.59. The van der Waals surface area contributed by atoms with E-state index in [4.69, 9.17) is 9.90 Å². The maximum atomic E-state index is 15.4. The molecule has 2 aliphatic rings. The molecule has 3 aromatic rings. The van der Waals surface area contributed by atoms with Gasteiger partial charge >= 0.3 is 12.1 Å². The van der Waals surface area contributed by atoms with E-state index >= 15 is 4.39 Å². The van der Waals surface area contributed by atoms with Crippen LogP contribution >= 0.6 is 0 Å². The summed E-state index contributed by atoms with van der Waals surface area (Å²) in [7, 11) is -2.45. The number of rotatable bonds is 7. The summed E-state index contributed by atoms with van der Waals surface area (Å²) in [4.78, 5) is 20.9. The summed E-state index contributed by atoms with van der Waals surface area (Å²) >= 11 is 0. The smallest absolute Gasteiger partial charge is 0.475 e. The number of aromatic nitrogens is 2.